The number of piperidine rings is 1. The molecule has 33 heavy (non-hydrogen) atoms. The van der Waals surface area contributed by atoms with Crippen molar-refractivity contribution in [2.45, 2.75) is 33.1 Å². The van der Waals surface area contributed by atoms with E-state index in [0.717, 1.165) is 54.3 Å². The van der Waals surface area contributed by atoms with Gasteiger partial charge in [-0.1, -0.05) is 18.2 Å². The quantitative estimate of drug-likeness (QED) is 0.558. The van der Waals surface area contributed by atoms with E-state index in [1.165, 1.54) is 12.5 Å². The van der Waals surface area contributed by atoms with Crippen molar-refractivity contribution in [1.29, 1.82) is 0 Å². The molecule has 0 bridgehead atoms. The lowest BCUT2D eigenvalue weighted by Gasteiger charge is -2.30. The summed E-state index contributed by atoms with van der Waals surface area (Å²) in [6, 6.07) is 15.1. The molecule has 7 nitrogen and oxygen atoms in total. The third-order valence-corrected chi connectivity index (χ3v) is 5.99. The SMILES string of the molecule is Cc1nn(-c2ccccc2)c(C)c1/C=C/C(=O)Nc1cc(C(N)=O)ccc1N1CCCCC1. The van der Waals surface area contributed by atoms with Crippen molar-refractivity contribution >= 4 is 29.3 Å². The molecule has 0 spiro atoms. The fraction of sp³-hybridized carbons (Fsp3) is 0.269. The number of rotatable bonds is 6. The smallest absolute Gasteiger partial charge is 0.248 e. The van der Waals surface area contributed by atoms with Crippen LogP contribution in [-0.2, 0) is 4.79 Å². The Kier molecular flexibility index (Phi) is 6.58. The maximum atomic E-state index is 12.8. The summed E-state index contributed by atoms with van der Waals surface area (Å²) in [7, 11) is 0. The second-order valence-corrected chi connectivity index (χ2v) is 8.30. The fourth-order valence-corrected chi connectivity index (χ4v) is 4.25. The largest absolute Gasteiger partial charge is 0.370 e. The molecule has 2 heterocycles. The molecule has 0 aliphatic carbocycles. The highest BCUT2D eigenvalue weighted by atomic mass is 16.1. The van der Waals surface area contributed by atoms with Crippen LogP contribution in [0.1, 0.15) is 46.6 Å². The van der Waals surface area contributed by atoms with Gasteiger partial charge in [-0.2, -0.15) is 5.10 Å². The van der Waals surface area contributed by atoms with Gasteiger partial charge in [0.15, 0.2) is 0 Å². The lowest BCUT2D eigenvalue weighted by molar-refractivity contribution is -0.111. The Morgan fingerprint density at radius 2 is 1.76 bits per heavy atom. The Bertz CT molecular complexity index is 1190. The van der Waals surface area contributed by atoms with E-state index in [1.54, 1.807) is 18.2 Å². The monoisotopic (exact) mass is 443 g/mol. The zero-order chi connectivity index (χ0) is 23.4. The van der Waals surface area contributed by atoms with Crippen LogP contribution in [0.15, 0.2) is 54.6 Å². The van der Waals surface area contributed by atoms with Crippen molar-refractivity contribution in [1.82, 2.24) is 9.78 Å². The molecule has 1 aromatic heterocycles. The number of primary amides is 1. The first-order valence-corrected chi connectivity index (χ1v) is 11.2. The topological polar surface area (TPSA) is 93.2 Å². The molecule has 4 rings (SSSR count). The van der Waals surface area contributed by atoms with Crippen LogP contribution in [0.25, 0.3) is 11.8 Å². The number of carbonyl (C=O) groups excluding carboxylic acids is 2. The predicted molar refractivity (Wildman–Crippen MR) is 132 cm³/mol. The van der Waals surface area contributed by atoms with Crippen LogP contribution in [0, 0.1) is 13.8 Å². The lowest BCUT2D eigenvalue weighted by Crippen LogP contribution is -2.30. The van der Waals surface area contributed by atoms with E-state index < -0.39 is 5.91 Å². The van der Waals surface area contributed by atoms with E-state index in [1.807, 2.05) is 54.9 Å². The molecule has 2 aromatic carbocycles. The number of benzene rings is 2. The van der Waals surface area contributed by atoms with Gasteiger partial charge in [0.1, 0.15) is 0 Å². The maximum absolute atomic E-state index is 12.8. The minimum absolute atomic E-state index is 0.277. The Hall–Kier alpha value is -3.87. The molecule has 3 aromatic rings. The zero-order valence-electron chi connectivity index (χ0n) is 19.0. The van der Waals surface area contributed by atoms with Gasteiger partial charge in [-0.15, -0.1) is 0 Å². The molecule has 0 radical (unpaired) electrons. The number of amides is 2. The third-order valence-electron chi connectivity index (χ3n) is 5.99. The van der Waals surface area contributed by atoms with Crippen LogP contribution < -0.4 is 16.0 Å². The molecule has 1 aliphatic rings. The number of aromatic nitrogens is 2. The van der Waals surface area contributed by atoms with Gasteiger partial charge in [0.25, 0.3) is 0 Å². The Morgan fingerprint density at radius 3 is 2.45 bits per heavy atom. The second kappa shape index (κ2) is 9.73. The first kappa shape index (κ1) is 22.3. The van der Waals surface area contributed by atoms with Crippen molar-refractivity contribution in [3.05, 3.63) is 77.1 Å². The van der Waals surface area contributed by atoms with Gasteiger partial charge in [-0.3, -0.25) is 9.59 Å². The number of hydrogen-bond acceptors (Lipinski definition) is 4. The highest BCUT2D eigenvalue weighted by molar-refractivity contribution is 6.05. The molecular weight excluding hydrogens is 414 g/mol. The first-order valence-electron chi connectivity index (χ1n) is 11.2. The van der Waals surface area contributed by atoms with Gasteiger partial charge in [0.05, 0.1) is 22.8 Å². The highest BCUT2D eigenvalue weighted by Crippen LogP contribution is 2.30. The number of aryl methyl sites for hydroxylation is 1. The van der Waals surface area contributed by atoms with Crippen molar-refractivity contribution < 1.29 is 9.59 Å². The Balaban J connectivity index is 1.57. The molecule has 0 atom stereocenters. The standard InChI is InChI=1S/C26H29N5O2/c1-18-22(19(2)31(29-18)21-9-5-3-6-10-21)12-14-25(32)28-23-17-20(26(27)33)11-13-24(23)30-15-7-4-8-16-30/h3,5-6,9-14,17H,4,7-8,15-16H2,1-2H3,(H2,27,33)(H,28,32)/b14-12+. The number of hydrogen-bond donors (Lipinski definition) is 2. The number of nitrogens with zero attached hydrogens (tertiary/aromatic N) is 3. The normalized spacial score (nSPS) is 13.9. The van der Waals surface area contributed by atoms with Crippen LogP contribution >= 0.6 is 0 Å². The Morgan fingerprint density at radius 1 is 1.03 bits per heavy atom. The van der Waals surface area contributed by atoms with Gasteiger partial charge in [0, 0.05) is 36.0 Å². The average Bonchev–Trinajstić information content (AvgIpc) is 3.12. The van der Waals surface area contributed by atoms with Crippen LogP contribution in [0.4, 0.5) is 11.4 Å². The number of anilines is 2. The van der Waals surface area contributed by atoms with Gasteiger partial charge in [-0.25, -0.2) is 4.68 Å². The molecule has 170 valence electrons. The summed E-state index contributed by atoms with van der Waals surface area (Å²) in [5.41, 5.74) is 11.0. The first-order chi connectivity index (χ1) is 15.9. The minimum Gasteiger partial charge on any atom is -0.370 e. The molecule has 1 aliphatic heterocycles. The van der Waals surface area contributed by atoms with E-state index in [4.69, 9.17) is 5.73 Å². The van der Waals surface area contributed by atoms with E-state index >= 15 is 0 Å². The summed E-state index contributed by atoms with van der Waals surface area (Å²) < 4.78 is 1.87. The van der Waals surface area contributed by atoms with Crippen LogP contribution in [0.5, 0.6) is 0 Å². The lowest BCUT2D eigenvalue weighted by atomic mass is 10.1. The van der Waals surface area contributed by atoms with E-state index in [-0.39, 0.29) is 5.91 Å². The van der Waals surface area contributed by atoms with E-state index in [2.05, 4.69) is 15.3 Å². The molecule has 7 heteroatoms. The highest BCUT2D eigenvalue weighted by Gasteiger charge is 2.17. The van der Waals surface area contributed by atoms with Crippen molar-refractivity contribution in [3.63, 3.8) is 0 Å². The molecule has 0 saturated carbocycles. The summed E-state index contributed by atoms with van der Waals surface area (Å²) in [6.45, 7) is 5.75. The molecule has 3 N–H and O–H groups in total. The van der Waals surface area contributed by atoms with Crippen molar-refractivity contribution in [2.24, 2.45) is 5.73 Å². The summed E-state index contributed by atoms with van der Waals surface area (Å²) >= 11 is 0. The molecular formula is C26H29N5O2. The number of nitrogens with one attached hydrogen (secondary N) is 1. The summed E-state index contributed by atoms with van der Waals surface area (Å²) in [4.78, 5) is 26.8. The summed E-state index contributed by atoms with van der Waals surface area (Å²) in [5, 5.41) is 7.57. The predicted octanol–water partition coefficient (Wildman–Crippen LogP) is 4.23. The second-order valence-electron chi connectivity index (χ2n) is 8.30. The van der Waals surface area contributed by atoms with Crippen molar-refractivity contribution in [2.75, 3.05) is 23.3 Å². The average molecular weight is 444 g/mol. The van der Waals surface area contributed by atoms with Crippen LogP contribution in [0.3, 0.4) is 0 Å². The minimum atomic E-state index is -0.522. The van der Waals surface area contributed by atoms with Gasteiger partial charge < -0.3 is 16.0 Å². The van der Waals surface area contributed by atoms with Crippen molar-refractivity contribution in [3.8, 4) is 5.69 Å². The van der Waals surface area contributed by atoms with E-state index in [9.17, 15) is 9.59 Å². The zero-order valence-corrected chi connectivity index (χ0v) is 19.0. The maximum Gasteiger partial charge on any atom is 0.248 e. The third kappa shape index (κ3) is 4.98. The van der Waals surface area contributed by atoms with Gasteiger partial charge in [0.2, 0.25) is 11.8 Å². The Labute approximate surface area is 193 Å². The van der Waals surface area contributed by atoms with Gasteiger partial charge in [-0.05, 0) is 69.5 Å². The summed E-state index contributed by atoms with van der Waals surface area (Å²) in [5.74, 6) is -0.799. The number of carbonyl (C=O) groups is 2. The molecule has 1 saturated heterocycles. The molecule has 1 fully saturated rings. The number of nitrogens with two attached hydrogens (primary N) is 1. The summed E-state index contributed by atoms with van der Waals surface area (Å²) in [6.07, 6.45) is 6.70. The molecule has 2 amide bonds. The number of para-hydroxylation sites is 1. The van der Waals surface area contributed by atoms with Crippen LogP contribution in [0.2, 0.25) is 0 Å². The van der Waals surface area contributed by atoms with E-state index in [0.29, 0.717) is 11.3 Å². The molecule has 0 unspecified atom stereocenters. The van der Waals surface area contributed by atoms with Gasteiger partial charge >= 0.3 is 0 Å². The fourth-order valence-electron chi connectivity index (χ4n) is 4.25. The van der Waals surface area contributed by atoms with Crippen LogP contribution in [-0.4, -0.2) is 34.7 Å².